The minimum atomic E-state index is -4.04. The maximum atomic E-state index is 12.7. The number of carbonyl (C=O) groups is 1. The van der Waals surface area contributed by atoms with Gasteiger partial charge in [-0.3, -0.25) is 0 Å². The molecule has 0 amide bonds. The number of sulfone groups is 1. The van der Waals surface area contributed by atoms with Gasteiger partial charge in [-0.15, -0.1) is 0 Å². The zero-order chi connectivity index (χ0) is 19.2. The lowest BCUT2D eigenvalue weighted by atomic mass is 10.3. The number of methoxy groups -OCH3 is 3. The molecule has 0 saturated heterocycles. The summed E-state index contributed by atoms with van der Waals surface area (Å²) in [5.74, 6) is 0.00499. The van der Waals surface area contributed by atoms with Gasteiger partial charge in [0.25, 0.3) is 0 Å². The highest BCUT2D eigenvalue weighted by molar-refractivity contribution is 7.96. The van der Waals surface area contributed by atoms with Gasteiger partial charge in [-0.1, -0.05) is 18.2 Å². The van der Waals surface area contributed by atoms with E-state index in [0.29, 0.717) is 17.2 Å². The van der Waals surface area contributed by atoms with Gasteiger partial charge in [-0.05, 0) is 24.3 Å². The Labute approximate surface area is 152 Å². The molecule has 0 bridgehead atoms. The number of anilines is 1. The van der Waals surface area contributed by atoms with Gasteiger partial charge in [-0.25, -0.2) is 13.2 Å². The van der Waals surface area contributed by atoms with Crippen molar-refractivity contribution in [2.24, 2.45) is 0 Å². The summed E-state index contributed by atoms with van der Waals surface area (Å²) in [6, 6.07) is 12.6. The second-order valence-corrected chi connectivity index (χ2v) is 6.95. The minimum Gasteiger partial charge on any atom is -0.493 e. The van der Waals surface area contributed by atoms with E-state index in [4.69, 9.17) is 9.47 Å². The predicted molar refractivity (Wildman–Crippen MR) is 96.9 cm³/mol. The number of hydrogen-bond donors (Lipinski definition) is 1. The van der Waals surface area contributed by atoms with Crippen LogP contribution in [0.3, 0.4) is 0 Å². The number of hydrogen-bond acceptors (Lipinski definition) is 7. The molecule has 138 valence electrons. The highest BCUT2D eigenvalue weighted by atomic mass is 32.2. The van der Waals surface area contributed by atoms with Gasteiger partial charge in [0.2, 0.25) is 9.84 Å². The van der Waals surface area contributed by atoms with Gasteiger partial charge < -0.3 is 19.5 Å². The summed E-state index contributed by atoms with van der Waals surface area (Å²) < 4.78 is 40.4. The molecule has 0 aliphatic heterocycles. The fourth-order valence-corrected chi connectivity index (χ4v) is 3.43. The summed E-state index contributed by atoms with van der Waals surface area (Å²) in [6.45, 7) is 0. The Morgan fingerprint density at radius 1 is 0.962 bits per heavy atom. The summed E-state index contributed by atoms with van der Waals surface area (Å²) in [5, 5.41) is 2.78. The van der Waals surface area contributed by atoms with E-state index in [9.17, 15) is 13.2 Å². The molecule has 0 unspecified atom stereocenters. The van der Waals surface area contributed by atoms with E-state index in [-0.39, 0.29) is 4.90 Å². The van der Waals surface area contributed by atoms with Crippen LogP contribution in [0.25, 0.3) is 0 Å². The molecule has 2 aromatic carbocycles. The van der Waals surface area contributed by atoms with E-state index in [2.05, 4.69) is 10.1 Å². The Morgan fingerprint density at radius 2 is 1.62 bits per heavy atom. The maximum Gasteiger partial charge on any atom is 0.351 e. The van der Waals surface area contributed by atoms with Crippen LogP contribution >= 0.6 is 0 Å². The molecule has 0 radical (unpaired) electrons. The van der Waals surface area contributed by atoms with E-state index < -0.39 is 20.7 Å². The number of nitrogens with one attached hydrogen (secondary N) is 1. The van der Waals surface area contributed by atoms with Gasteiger partial charge in [0.05, 0.1) is 26.2 Å². The van der Waals surface area contributed by atoms with Crippen LogP contribution in [0.5, 0.6) is 11.5 Å². The lowest BCUT2D eigenvalue weighted by Crippen LogP contribution is -2.16. The molecule has 2 aromatic rings. The summed E-state index contributed by atoms with van der Waals surface area (Å²) in [5.41, 5.74) is 0.507. The molecule has 0 saturated carbocycles. The molecule has 7 nitrogen and oxygen atoms in total. The molecule has 0 aliphatic carbocycles. The van der Waals surface area contributed by atoms with Crippen molar-refractivity contribution in [3.05, 3.63) is 59.6 Å². The van der Waals surface area contributed by atoms with E-state index in [1.165, 1.54) is 26.4 Å². The fraction of sp³-hybridized carbons (Fsp3) is 0.167. The first-order valence-electron chi connectivity index (χ1n) is 7.51. The van der Waals surface area contributed by atoms with Crippen LogP contribution in [0.1, 0.15) is 0 Å². The van der Waals surface area contributed by atoms with Crippen LogP contribution in [0, 0.1) is 0 Å². The van der Waals surface area contributed by atoms with E-state index in [1.807, 2.05) is 0 Å². The second-order valence-electron chi connectivity index (χ2n) is 5.03. The molecular weight excluding hydrogens is 358 g/mol. The smallest absolute Gasteiger partial charge is 0.351 e. The third kappa shape index (κ3) is 4.15. The van der Waals surface area contributed by atoms with E-state index >= 15 is 0 Å². The molecule has 2 rings (SSSR count). The lowest BCUT2D eigenvalue weighted by Gasteiger charge is -2.11. The SMILES string of the molecule is COC(=O)/C(=C/Nc1ccc(OC)c(OC)c1)S(=O)(=O)c1ccccc1. The van der Waals surface area contributed by atoms with Crippen LogP contribution in [0.4, 0.5) is 5.69 Å². The third-order valence-corrected chi connectivity index (χ3v) is 5.24. The molecule has 1 N–H and O–H groups in total. The van der Waals surface area contributed by atoms with Gasteiger partial charge in [-0.2, -0.15) is 0 Å². The standard InChI is InChI=1S/C18H19NO6S/c1-23-15-10-9-13(11-16(15)24-2)19-12-17(18(20)25-3)26(21,22)14-7-5-4-6-8-14/h4-12,19H,1-3H3/b17-12-. The van der Waals surface area contributed by atoms with E-state index in [0.717, 1.165) is 13.3 Å². The van der Waals surface area contributed by atoms with Crippen molar-refractivity contribution in [2.75, 3.05) is 26.6 Å². The minimum absolute atomic E-state index is 0.00855. The monoisotopic (exact) mass is 377 g/mol. The first-order valence-corrected chi connectivity index (χ1v) is 8.99. The summed E-state index contributed by atoms with van der Waals surface area (Å²) in [7, 11) is 0.0652. The van der Waals surface area contributed by atoms with Crippen molar-refractivity contribution >= 4 is 21.5 Å². The normalized spacial score (nSPS) is 11.6. The zero-order valence-electron chi connectivity index (χ0n) is 14.6. The summed E-state index contributed by atoms with van der Waals surface area (Å²) in [6.07, 6.45) is 1.09. The molecule has 8 heteroatoms. The van der Waals surface area contributed by atoms with Crippen LogP contribution in [0.15, 0.2) is 64.5 Å². The molecular formula is C18H19NO6S. The Hall–Kier alpha value is -3.00. The number of ether oxygens (including phenoxy) is 3. The number of rotatable bonds is 7. The third-order valence-electron chi connectivity index (χ3n) is 3.48. The number of benzene rings is 2. The van der Waals surface area contributed by atoms with Crippen LogP contribution in [-0.2, 0) is 19.4 Å². The van der Waals surface area contributed by atoms with Crippen molar-refractivity contribution in [1.82, 2.24) is 0 Å². The van der Waals surface area contributed by atoms with Crippen LogP contribution in [-0.4, -0.2) is 35.7 Å². The molecule has 0 aliphatic rings. The Morgan fingerprint density at radius 3 is 2.19 bits per heavy atom. The highest BCUT2D eigenvalue weighted by Gasteiger charge is 2.27. The van der Waals surface area contributed by atoms with Crippen molar-refractivity contribution in [3.63, 3.8) is 0 Å². The number of carbonyl (C=O) groups excluding carboxylic acids is 1. The lowest BCUT2D eigenvalue weighted by molar-refractivity contribution is -0.135. The highest BCUT2D eigenvalue weighted by Crippen LogP contribution is 2.30. The Balaban J connectivity index is 2.41. The van der Waals surface area contributed by atoms with Crippen molar-refractivity contribution in [1.29, 1.82) is 0 Å². The summed E-state index contributed by atoms with van der Waals surface area (Å²) >= 11 is 0. The second kappa shape index (κ2) is 8.39. The number of esters is 1. The molecule has 0 fully saturated rings. The van der Waals surface area contributed by atoms with Crippen molar-refractivity contribution in [2.45, 2.75) is 4.90 Å². The first kappa shape index (κ1) is 19.3. The first-order chi connectivity index (χ1) is 12.4. The topological polar surface area (TPSA) is 90.9 Å². The van der Waals surface area contributed by atoms with Gasteiger partial charge in [0, 0.05) is 18.0 Å². The van der Waals surface area contributed by atoms with Crippen molar-refractivity contribution < 1.29 is 27.4 Å². The zero-order valence-corrected chi connectivity index (χ0v) is 15.4. The quantitative estimate of drug-likeness (QED) is 0.586. The van der Waals surface area contributed by atoms with E-state index in [1.54, 1.807) is 36.4 Å². The molecule has 0 aromatic heterocycles. The Bertz CT molecular complexity index is 907. The van der Waals surface area contributed by atoms with Crippen LogP contribution in [0.2, 0.25) is 0 Å². The van der Waals surface area contributed by atoms with Crippen molar-refractivity contribution in [3.8, 4) is 11.5 Å². The molecule has 0 atom stereocenters. The maximum absolute atomic E-state index is 12.7. The van der Waals surface area contributed by atoms with Gasteiger partial charge >= 0.3 is 5.97 Å². The van der Waals surface area contributed by atoms with Gasteiger partial charge in [0.15, 0.2) is 16.4 Å². The van der Waals surface area contributed by atoms with Crippen LogP contribution < -0.4 is 14.8 Å². The molecule has 0 heterocycles. The average Bonchev–Trinajstić information content (AvgIpc) is 2.68. The molecule has 0 spiro atoms. The Kier molecular flexibility index (Phi) is 6.24. The van der Waals surface area contributed by atoms with Gasteiger partial charge in [0.1, 0.15) is 0 Å². The molecule has 26 heavy (non-hydrogen) atoms. The predicted octanol–water partition coefficient (Wildman–Crippen LogP) is 2.60. The summed E-state index contributed by atoms with van der Waals surface area (Å²) in [4.78, 5) is 11.5. The fourth-order valence-electron chi connectivity index (χ4n) is 2.15. The average molecular weight is 377 g/mol. The largest absolute Gasteiger partial charge is 0.493 e.